The zero-order valence-electron chi connectivity index (χ0n) is 14.1. The Kier molecular flexibility index (Phi) is 5.26. The molecule has 1 N–H and O–H groups in total. The van der Waals surface area contributed by atoms with Gasteiger partial charge in [0.2, 0.25) is 0 Å². The summed E-state index contributed by atoms with van der Waals surface area (Å²) in [6, 6.07) is 6.36. The minimum absolute atomic E-state index is 0.0349. The van der Waals surface area contributed by atoms with Crippen LogP contribution in [0, 0.1) is 5.41 Å². The van der Waals surface area contributed by atoms with Crippen molar-refractivity contribution >= 4 is 0 Å². The van der Waals surface area contributed by atoms with Gasteiger partial charge in [-0.1, -0.05) is 60.6 Å². The van der Waals surface area contributed by atoms with E-state index in [1.54, 1.807) is 0 Å². The topological polar surface area (TPSA) is 29.5 Å². The average Bonchev–Trinajstić information content (AvgIpc) is 2.33. The molecule has 20 heavy (non-hydrogen) atoms. The van der Waals surface area contributed by atoms with E-state index in [9.17, 15) is 5.11 Å². The van der Waals surface area contributed by atoms with E-state index < -0.39 is 6.10 Å². The smallest absolute Gasteiger partial charge is 0.123 e. The fourth-order valence-electron chi connectivity index (χ4n) is 1.93. The van der Waals surface area contributed by atoms with Crippen LogP contribution in [0.25, 0.3) is 0 Å². The highest BCUT2D eigenvalue weighted by Gasteiger charge is 2.24. The normalized spacial score (nSPS) is 14.2. The quantitative estimate of drug-likeness (QED) is 0.888. The highest BCUT2D eigenvalue weighted by molar-refractivity contribution is 5.41. The minimum Gasteiger partial charge on any atom is -0.491 e. The Morgan fingerprint density at radius 2 is 1.70 bits per heavy atom. The van der Waals surface area contributed by atoms with E-state index in [-0.39, 0.29) is 10.8 Å². The molecule has 0 aliphatic heterocycles. The van der Waals surface area contributed by atoms with E-state index in [0.717, 1.165) is 12.2 Å². The van der Waals surface area contributed by atoms with Gasteiger partial charge in [-0.25, -0.2) is 0 Å². The van der Waals surface area contributed by atoms with Crippen LogP contribution in [0.4, 0.5) is 0 Å². The van der Waals surface area contributed by atoms with Crippen LogP contribution in [-0.2, 0) is 11.8 Å². The predicted molar refractivity (Wildman–Crippen MR) is 85.5 cm³/mol. The van der Waals surface area contributed by atoms with Crippen molar-refractivity contribution in [2.75, 3.05) is 6.61 Å². The molecule has 1 aromatic carbocycles. The van der Waals surface area contributed by atoms with Crippen LogP contribution in [0.1, 0.15) is 59.6 Å². The third kappa shape index (κ3) is 4.52. The maximum absolute atomic E-state index is 10.1. The summed E-state index contributed by atoms with van der Waals surface area (Å²) < 4.78 is 5.90. The lowest BCUT2D eigenvalue weighted by atomic mass is 9.85. The van der Waals surface area contributed by atoms with Gasteiger partial charge in [-0.15, -0.1) is 0 Å². The molecular weight excluding hydrogens is 248 g/mol. The van der Waals surface area contributed by atoms with Gasteiger partial charge in [0.25, 0.3) is 0 Å². The summed E-state index contributed by atoms with van der Waals surface area (Å²) >= 11 is 0. The van der Waals surface area contributed by atoms with Crippen LogP contribution >= 0.6 is 0 Å². The van der Waals surface area contributed by atoms with Gasteiger partial charge in [0.1, 0.15) is 12.4 Å². The summed E-state index contributed by atoms with van der Waals surface area (Å²) in [6.45, 7) is 15.1. The molecule has 0 aliphatic carbocycles. The molecule has 114 valence electrons. The average molecular weight is 278 g/mol. The molecule has 1 atom stereocenters. The molecule has 0 bridgehead atoms. The van der Waals surface area contributed by atoms with Gasteiger partial charge in [-0.05, 0) is 34.4 Å². The Balaban J connectivity index is 2.95. The first-order chi connectivity index (χ1) is 9.05. The van der Waals surface area contributed by atoms with Gasteiger partial charge < -0.3 is 9.84 Å². The molecule has 0 spiro atoms. The third-order valence-electron chi connectivity index (χ3n) is 3.66. The summed E-state index contributed by atoms with van der Waals surface area (Å²) in [5.41, 5.74) is 2.40. The van der Waals surface area contributed by atoms with Crippen molar-refractivity contribution in [3.05, 3.63) is 29.3 Å². The molecule has 0 aromatic heterocycles. The number of ether oxygens (including phenoxy) is 1. The van der Waals surface area contributed by atoms with Crippen LogP contribution in [-0.4, -0.2) is 17.8 Å². The lowest BCUT2D eigenvalue weighted by molar-refractivity contribution is 0.0213. The van der Waals surface area contributed by atoms with Gasteiger partial charge >= 0.3 is 0 Å². The van der Waals surface area contributed by atoms with Crippen LogP contribution in [0.5, 0.6) is 5.75 Å². The Labute approximate surface area is 124 Å². The van der Waals surface area contributed by atoms with Crippen LogP contribution in [0.15, 0.2) is 18.2 Å². The molecule has 0 radical (unpaired) electrons. The summed E-state index contributed by atoms with van der Waals surface area (Å²) in [6.07, 6.45) is 0.551. The first-order valence-electron chi connectivity index (χ1n) is 7.50. The molecule has 0 amide bonds. The van der Waals surface area contributed by atoms with Crippen LogP contribution in [0.3, 0.4) is 0 Å². The highest BCUT2D eigenvalue weighted by atomic mass is 16.5. The second kappa shape index (κ2) is 6.17. The molecule has 2 heteroatoms. The van der Waals surface area contributed by atoms with Crippen molar-refractivity contribution in [2.45, 2.75) is 66.4 Å². The first kappa shape index (κ1) is 17.0. The standard InChI is InChI=1S/C18H30O2/c1-8-13-9-10-15(14(11-13)17(2,3)4)20-12-16(19)18(5,6)7/h9-11,16,19H,8,12H2,1-7H3. The van der Waals surface area contributed by atoms with Gasteiger partial charge in [0.05, 0.1) is 6.10 Å². The summed E-state index contributed by atoms with van der Waals surface area (Å²) in [5, 5.41) is 10.1. The van der Waals surface area contributed by atoms with E-state index >= 15 is 0 Å². The number of aryl methyl sites for hydroxylation is 1. The van der Waals surface area contributed by atoms with Crippen molar-refractivity contribution < 1.29 is 9.84 Å². The third-order valence-corrected chi connectivity index (χ3v) is 3.66. The van der Waals surface area contributed by atoms with E-state index in [1.807, 2.05) is 26.8 Å². The van der Waals surface area contributed by atoms with Gasteiger partial charge in [0.15, 0.2) is 0 Å². The number of benzene rings is 1. The van der Waals surface area contributed by atoms with Crippen molar-refractivity contribution in [3.63, 3.8) is 0 Å². The molecule has 0 saturated carbocycles. The second-order valence-corrected chi connectivity index (χ2v) is 7.63. The zero-order valence-corrected chi connectivity index (χ0v) is 14.1. The van der Waals surface area contributed by atoms with E-state index in [1.165, 1.54) is 11.1 Å². The largest absolute Gasteiger partial charge is 0.491 e. The molecule has 0 fully saturated rings. The fourth-order valence-corrected chi connectivity index (χ4v) is 1.93. The van der Waals surface area contributed by atoms with E-state index in [2.05, 4.69) is 39.8 Å². The number of hydrogen-bond donors (Lipinski definition) is 1. The summed E-state index contributed by atoms with van der Waals surface area (Å²) in [5.74, 6) is 0.887. The second-order valence-electron chi connectivity index (χ2n) is 7.63. The molecular formula is C18H30O2. The molecule has 1 aromatic rings. The number of aliphatic hydroxyl groups is 1. The van der Waals surface area contributed by atoms with Gasteiger partial charge in [-0.2, -0.15) is 0 Å². The molecule has 0 aliphatic rings. The van der Waals surface area contributed by atoms with E-state index in [0.29, 0.717) is 6.61 Å². The number of hydrogen-bond acceptors (Lipinski definition) is 2. The molecule has 1 rings (SSSR count). The zero-order chi connectivity index (χ0) is 15.6. The Bertz CT molecular complexity index is 436. The van der Waals surface area contributed by atoms with E-state index in [4.69, 9.17) is 4.74 Å². The Morgan fingerprint density at radius 1 is 1.10 bits per heavy atom. The lowest BCUT2D eigenvalue weighted by Gasteiger charge is -2.28. The number of rotatable bonds is 4. The van der Waals surface area contributed by atoms with Crippen molar-refractivity contribution in [3.8, 4) is 5.75 Å². The Hall–Kier alpha value is -1.02. The van der Waals surface area contributed by atoms with Crippen LogP contribution in [0.2, 0.25) is 0 Å². The van der Waals surface area contributed by atoms with Gasteiger partial charge in [0, 0.05) is 0 Å². The molecule has 1 unspecified atom stereocenters. The SMILES string of the molecule is CCc1ccc(OCC(O)C(C)(C)C)c(C(C)(C)C)c1. The van der Waals surface area contributed by atoms with Crippen molar-refractivity contribution in [1.82, 2.24) is 0 Å². The maximum Gasteiger partial charge on any atom is 0.123 e. The van der Waals surface area contributed by atoms with Crippen molar-refractivity contribution in [2.24, 2.45) is 5.41 Å². The summed E-state index contributed by atoms with van der Waals surface area (Å²) in [4.78, 5) is 0. The molecule has 2 nitrogen and oxygen atoms in total. The van der Waals surface area contributed by atoms with Gasteiger partial charge in [-0.3, -0.25) is 0 Å². The minimum atomic E-state index is -0.471. The lowest BCUT2D eigenvalue weighted by Crippen LogP contribution is -2.32. The summed E-state index contributed by atoms with van der Waals surface area (Å²) in [7, 11) is 0. The monoisotopic (exact) mass is 278 g/mol. The maximum atomic E-state index is 10.1. The Morgan fingerprint density at radius 3 is 2.15 bits per heavy atom. The molecule has 0 heterocycles. The van der Waals surface area contributed by atoms with Crippen LogP contribution < -0.4 is 4.74 Å². The molecule has 0 saturated heterocycles. The number of aliphatic hydroxyl groups excluding tert-OH is 1. The highest BCUT2D eigenvalue weighted by Crippen LogP contribution is 2.33. The van der Waals surface area contributed by atoms with Crippen molar-refractivity contribution in [1.29, 1.82) is 0 Å². The first-order valence-corrected chi connectivity index (χ1v) is 7.50. The fraction of sp³-hybridized carbons (Fsp3) is 0.667. The predicted octanol–water partition coefficient (Wildman–Crippen LogP) is 4.33.